The third-order valence-corrected chi connectivity index (χ3v) is 2.89. The molecule has 0 unspecified atom stereocenters. The van der Waals surface area contributed by atoms with E-state index in [1.807, 2.05) is 0 Å². The minimum atomic E-state index is -8.39. The number of hydrogen-bond acceptors (Lipinski definition) is 4. The van der Waals surface area contributed by atoms with Crippen LogP contribution in [0.15, 0.2) is 0 Å². The molecule has 0 N–H and O–H groups in total. The van der Waals surface area contributed by atoms with Crippen LogP contribution in [0.1, 0.15) is 0 Å². The van der Waals surface area contributed by atoms with Gasteiger partial charge in [-0.1, -0.05) is 0 Å². The number of hydrogen-bond donors (Lipinski definition) is 0. The van der Waals surface area contributed by atoms with Crippen molar-refractivity contribution in [2.75, 3.05) is 0 Å². The molecule has 0 saturated heterocycles. The number of rotatable bonds is 7. The summed E-state index contributed by atoms with van der Waals surface area (Å²) in [5, 5.41) is 0. The van der Waals surface area contributed by atoms with Crippen LogP contribution in [-0.4, -0.2) is 61.2 Å². The second-order valence-corrected chi connectivity index (χ2v) is 5.56. The maximum Gasteiger partial charge on any atom is 0.525 e. The molecule has 0 aliphatic carbocycles. The normalized spacial score (nSPS) is 16.5. The number of alkyl halides is 22. The summed E-state index contributed by atoms with van der Waals surface area (Å²) in [6.45, 7) is 0. The Labute approximate surface area is 178 Å². The maximum absolute atomic E-state index is 13.5. The van der Waals surface area contributed by atoms with Gasteiger partial charge < -0.3 is 0 Å². The molecule has 0 aliphatic rings. The van der Waals surface area contributed by atoms with Gasteiger partial charge in [0.05, 0.1) is 0 Å². The summed E-state index contributed by atoms with van der Waals surface area (Å²) < 4.78 is 283. The van der Waals surface area contributed by atoms with Crippen LogP contribution in [0.25, 0.3) is 0 Å². The van der Waals surface area contributed by atoms with Gasteiger partial charge in [-0.3, -0.25) is 9.47 Å². The molecule has 0 bridgehead atoms. The standard InChI is InChI=1S/C10F22O4/c11-3(12,13)1(4(14,15)16,35-9(27,28)29)33-7(23,24)8(25,26)34-2(5(17,18)19,6(20,21)22)36-10(30,31)32. The van der Waals surface area contributed by atoms with Gasteiger partial charge in [-0.05, 0) is 0 Å². The van der Waals surface area contributed by atoms with Crippen molar-refractivity contribution in [2.45, 2.75) is 61.2 Å². The molecule has 0 amide bonds. The van der Waals surface area contributed by atoms with E-state index in [1.165, 1.54) is 18.9 Å². The Morgan fingerprint density at radius 1 is 0.250 bits per heavy atom. The number of ether oxygens (including phenoxy) is 4. The molecule has 0 aromatic carbocycles. The first kappa shape index (κ1) is 34.3. The number of halogens is 22. The average Bonchev–Trinajstić information content (AvgIpc) is 2.45. The lowest BCUT2D eigenvalue weighted by atomic mass is 10.2. The molecule has 26 heteroatoms. The quantitative estimate of drug-likeness (QED) is 0.235. The molecule has 0 aromatic heterocycles. The molecular formula is C10F22O4. The maximum atomic E-state index is 13.5. The van der Waals surface area contributed by atoms with E-state index in [0.717, 1.165) is 0 Å². The second kappa shape index (κ2) is 8.95. The first-order chi connectivity index (χ1) is 15.1. The summed E-state index contributed by atoms with van der Waals surface area (Å²) in [7, 11) is 0. The fourth-order valence-electron chi connectivity index (χ4n) is 1.63. The van der Waals surface area contributed by atoms with E-state index in [0.29, 0.717) is 0 Å². The minimum absolute atomic E-state index is 1.22. The van der Waals surface area contributed by atoms with Crippen LogP contribution in [0.5, 0.6) is 0 Å². The summed E-state index contributed by atoms with van der Waals surface area (Å²) in [6, 6.07) is 0. The molecule has 0 rings (SSSR count). The van der Waals surface area contributed by atoms with Crippen LogP contribution >= 0.6 is 0 Å². The Hall–Kier alpha value is -1.70. The molecule has 36 heavy (non-hydrogen) atoms. The zero-order chi connectivity index (χ0) is 29.8. The van der Waals surface area contributed by atoms with Crippen LogP contribution in [-0.2, 0) is 18.9 Å². The summed E-state index contributed by atoms with van der Waals surface area (Å²) in [5.74, 6) is -16.1. The molecule has 0 spiro atoms. The second-order valence-electron chi connectivity index (χ2n) is 5.56. The predicted octanol–water partition coefficient (Wildman–Crippen LogP) is 6.92. The molecule has 4 nitrogen and oxygen atoms in total. The Balaban J connectivity index is 7.10. The third-order valence-electron chi connectivity index (χ3n) is 2.89. The average molecular weight is 602 g/mol. The Bertz CT molecular complexity index is 654. The van der Waals surface area contributed by atoms with Crippen molar-refractivity contribution in [1.29, 1.82) is 0 Å². The Kier molecular flexibility index (Phi) is 8.53. The highest BCUT2D eigenvalue weighted by Gasteiger charge is 2.86. The van der Waals surface area contributed by atoms with Crippen molar-refractivity contribution in [3.8, 4) is 0 Å². The minimum Gasteiger partial charge on any atom is -0.264 e. The third kappa shape index (κ3) is 6.99. The van der Waals surface area contributed by atoms with E-state index in [2.05, 4.69) is 0 Å². The molecule has 0 atom stereocenters. The van der Waals surface area contributed by atoms with Crippen LogP contribution in [0.3, 0.4) is 0 Å². The van der Waals surface area contributed by atoms with Gasteiger partial charge in [0.1, 0.15) is 0 Å². The van der Waals surface area contributed by atoms with E-state index in [9.17, 15) is 96.6 Å². The van der Waals surface area contributed by atoms with Crippen LogP contribution in [0.4, 0.5) is 96.6 Å². The van der Waals surface area contributed by atoms with Crippen LogP contribution < -0.4 is 0 Å². The van der Waals surface area contributed by atoms with Crippen molar-refractivity contribution >= 4 is 0 Å². The van der Waals surface area contributed by atoms with Gasteiger partial charge in [0.2, 0.25) is 0 Å². The molecule has 0 heterocycles. The molecule has 0 radical (unpaired) electrons. The summed E-state index contributed by atoms with van der Waals surface area (Å²) in [4.78, 5) is 0. The van der Waals surface area contributed by atoms with E-state index in [4.69, 9.17) is 0 Å². The van der Waals surface area contributed by atoms with E-state index < -0.39 is 61.2 Å². The smallest absolute Gasteiger partial charge is 0.264 e. The fraction of sp³-hybridized carbons (Fsp3) is 1.00. The van der Waals surface area contributed by atoms with Crippen molar-refractivity contribution in [3.63, 3.8) is 0 Å². The summed E-state index contributed by atoms with van der Waals surface area (Å²) >= 11 is 0. The molecule has 0 aromatic rings. The van der Waals surface area contributed by atoms with E-state index in [-0.39, 0.29) is 0 Å². The van der Waals surface area contributed by atoms with Gasteiger partial charge in [-0.25, -0.2) is 9.47 Å². The monoisotopic (exact) mass is 602 g/mol. The molecule has 218 valence electrons. The zero-order valence-electron chi connectivity index (χ0n) is 14.9. The lowest BCUT2D eigenvalue weighted by Crippen LogP contribution is -2.70. The highest BCUT2D eigenvalue weighted by Crippen LogP contribution is 2.57. The highest BCUT2D eigenvalue weighted by molar-refractivity contribution is 4.93. The van der Waals surface area contributed by atoms with Crippen molar-refractivity contribution < 1.29 is 116 Å². The first-order valence-corrected chi connectivity index (χ1v) is 7.04. The van der Waals surface area contributed by atoms with Crippen molar-refractivity contribution in [3.05, 3.63) is 0 Å². The van der Waals surface area contributed by atoms with Gasteiger partial charge in [0, 0.05) is 0 Å². The molecule has 0 aliphatic heterocycles. The van der Waals surface area contributed by atoms with Crippen LogP contribution in [0.2, 0.25) is 0 Å². The van der Waals surface area contributed by atoms with Gasteiger partial charge in [-0.15, -0.1) is 26.3 Å². The topological polar surface area (TPSA) is 36.9 Å². The molecule has 0 saturated carbocycles. The summed E-state index contributed by atoms with van der Waals surface area (Å²) in [6.07, 6.45) is -64.1. The highest BCUT2D eigenvalue weighted by atomic mass is 19.4. The summed E-state index contributed by atoms with van der Waals surface area (Å²) in [5.41, 5.74) is 0. The Morgan fingerprint density at radius 3 is 0.528 bits per heavy atom. The van der Waals surface area contributed by atoms with Crippen molar-refractivity contribution in [1.82, 2.24) is 0 Å². The van der Waals surface area contributed by atoms with Crippen molar-refractivity contribution in [2.24, 2.45) is 0 Å². The van der Waals surface area contributed by atoms with E-state index in [1.54, 1.807) is 0 Å². The SMILES string of the molecule is FC(F)(F)OC(OC(F)(F)C(F)(F)OC(OC(F)(F)F)(C(F)(F)F)C(F)(F)F)(C(F)(F)F)C(F)(F)F. The lowest BCUT2D eigenvalue weighted by Gasteiger charge is -2.42. The first-order valence-electron chi connectivity index (χ1n) is 7.04. The van der Waals surface area contributed by atoms with Gasteiger partial charge >= 0.3 is 61.2 Å². The van der Waals surface area contributed by atoms with Gasteiger partial charge in [0.25, 0.3) is 0 Å². The fourth-order valence-corrected chi connectivity index (χ4v) is 1.63. The lowest BCUT2D eigenvalue weighted by molar-refractivity contribution is -0.613. The van der Waals surface area contributed by atoms with Gasteiger partial charge in [0.15, 0.2) is 0 Å². The Morgan fingerprint density at radius 2 is 0.417 bits per heavy atom. The molecular weight excluding hydrogens is 602 g/mol. The van der Waals surface area contributed by atoms with Crippen LogP contribution in [0, 0.1) is 0 Å². The van der Waals surface area contributed by atoms with Gasteiger partial charge in [-0.2, -0.15) is 70.2 Å². The van der Waals surface area contributed by atoms with E-state index >= 15 is 0 Å². The largest absolute Gasteiger partial charge is 0.525 e. The zero-order valence-corrected chi connectivity index (χ0v) is 14.9. The predicted molar refractivity (Wildman–Crippen MR) is 56.0 cm³/mol. The molecule has 0 fully saturated rings.